The first kappa shape index (κ1) is 23.4. The zero-order chi connectivity index (χ0) is 24.2. The molecule has 2 amide bonds. The highest BCUT2D eigenvalue weighted by Gasteiger charge is 2.28. The fraction of sp³-hybridized carbons (Fsp3) is 0.200. The summed E-state index contributed by atoms with van der Waals surface area (Å²) in [5.41, 5.74) is 3.03. The van der Waals surface area contributed by atoms with Crippen molar-refractivity contribution in [2.45, 2.75) is 19.8 Å². The Kier molecular flexibility index (Phi) is 6.88. The molecule has 1 aromatic heterocycles. The summed E-state index contributed by atoms with van der Waals surface area (Å²) in [5.74, 6) is -1.99. The molecule has 0 fully saturated rings. The van der Waals surface area contributed by atoms with Gasteiger partial charge in [0.05, 0.1) is 28.4 Å². The Balaban J connectivity index is 1.69. The first-order chi connectivity index (χ1) is 16.4. The molecule has 2 aromatic carbocycles. The number of amides is 2. The summed E-state index contributed by atoms with van der Waals surface area (Å²) < 4.78 is 24.2. The first-order valence-corrected chi connectivity index (χ1v) is 11.0. The fourth-order valence-corrected chi connectivity index (χ4v) is 4.07. The number of carbonyl (C=O) groups excluding carboxylic acids is 3. The van der Waals surface area contributed by atoms with Crippen molar-refractivity contribution in [3.05, 3.63) is 75.7 Å². The number of ether oxygens (including phenoxy) is 2. The van der Waals surface area contributed by atoms with Crippen LogP contribution in [0, 0.1) is 5.82 Å². The fourth-order valence-electron chi connectivity index (χ4n) is 3.86. The highest BCUT2D eigenvalue weighted by Crippen LogP contribution is 2.38. The van der Waals surface area contributed by atoms with E-state index in [1.165, 1.54) is 12.1 Å². The lowest BCUT2D eigenvalue weighted by molar-refractivity contribution is -0.123. The number of imide groups is 1. The van der Waals surface area contributed by atoms with E-state index in [9.17, 15) is 18.8 Å². The molecule has 1 N–H and O–H groups in total. The van der Waals surface area contributed by atoms with Crippen molar-refractivity contribution in [3.8, 4) is 0 Å². The van der Waals surface area contributed by atoms with E-state index in [2.05, 4.69) is 4.74 Å². The number of aromatic nitrogens is 1. The summed E-state index contributed by atoms with van der Waals surface area (Å²) in [5, 5.41) is 2.82. The number of nitrogens with one attached hydrogen (secondary N) is 1. The van der Waals surface area contributed by atoms with E-state index in [0.717, 1.165) is 5.57 Å². The summed E-state index contributed by atoms with van der Waals surface area (Å²) in [7, 11) is 0. The number of hydrogen-bond donors (Lipinski definition) is 1. The molecule has 0 unspecified atom stereocenters. The van der Waals surface area contributed by atoms with E-state index in [4.69, 9.17) is 21.3 Å². The maximum Gasteiger partial charge on any atom is 0.413 e. The maximum atomic E-state index is 14.4. The smallest absolute Gasteiger partial charge is 0.413 e. The standard InChI is InChI=1S/C25H20ClFN2O5/c1-2-33-25(32)29-21(30)13-34-24(31)22-15-6-3-4-9-20(15)28-23-14(10-11-16(22)23)12-17-18(26)7-5-8-19(17)27/h3-9,12H,2,10-11,13H2,1H3,(H,29,30,32)/b14-12+. The van der Waals surface area contributed by atoms with Gasteiger partial charge in [0, 0.05) is 10.9 Å². The number of allylic oxidation sites excluding steroid dienone is 1. The lowest BCUT2D eigenvalue weighted by Crippen LogP contribution is -2.34. The number of carbonyl (C=O) groups is 3. The maximum absolute atomic E-state index is 14.4. The molecule has 174 valence electrons. The molecule has 34 heavy (non-hydrogen) atoms. The third-order valence-electron chi connectivity index (χ3n) is 5.32. The van der Waals surface area contributed by atoms with Gasteiger partial charge < -0.3 is 9.47 Å². The van der Waals surface area contributed by atoms with Crippen LogP contribution in [-0.2, 0) is 20.7 Å². The number of halogens is 2. The zero-order valence-electron chi connectivity index (χ0n) is 18.2. The summed E-state index contributed by atoms with van der Waals surface area (Å²) in [6.45, 7) is 1.04. The van der Waals surface area contributed by atoms with Crippen LogP contribution in [0.15, 0.2) is 42.5 Å². The molecule has 0 atom stereocenters. The van der Waals surface area contributed by atoms with Crippen LogP contribution in [-0.4, -0.2) is 36.2 Å². The number of hydrogen-bond acceptors (Lipinski definition) is 6. The van der Waals surface area contributed by atoms with Crippen LogP contribution in [0.1, 0.15) is 40.5 Å². The second kappa shape index (κ2) is 10.0. The van der Waals surface area contributed by atoms with Gasteiger partial charge in [-0.15, -0.1) is 0 Å². The number of esters is 1. The molecule has 7 nitrogen and oxygen atoms in total. The molecule has 0 radical (unpaired) electrons. The molecule has 0 aliphatic heterocycles. The number of fused-ring (bicyclic) bond motifs is 2. The summed E-state index contributed by atoms with van der Waals surface area (Å²) in [4.78, 5) is 41.1. The third-order valence-corrected chi connectivity index (χ3v) is 5.65. The molecule has 4 rings (SSSR count). The van der Waals surface area contributed by atoms with Crippen molar-refractivity contribution in [2.75, 3.05) is 13.2 Å². The predicted octanol–water partition coefficient (Wildman–Crippen LogP) is 4.94. The quantitative estimate of drug-likeness (QED) is 0.517. The monoisotopic (exact) mass is 482 g/mol. The lowest BCUT2D eigenvalue weighted by atomic mass is 10.0. The molecule has 1 aliphatic carbocycles. The van der Waals surface area contributed by atoms with Gasteiger partial charge in [-0.3, -0.25) is 10.1 Å². The van der Waals surface area contributed by atoms with E-state index in [1.807, 2.05) is 5.32 Å². The molecular formula is C25H20ClFN2O5. The molecule has 3 aromatic rings. The number of pyridine rings is 1. The minimum atomic E-state index is -0.916. The van der Waals surface area contributed by atoms with Gasteiger partial charge in [0.15, 0.2) is 6.61 Å². The van der Waals surface area contributed by atoms with E-state index < -0.39 is 30.4 Å². The molecule has 0 saturated carbocycles. The second-order valence-corrected chi connectivity index (χ2v) is 7.89. The largest absolute Gasteiger partial charge is 0.452 e. The summed E-state index contributed by atoms with van der Waals surface area (Å²) in [6, 6.07) is 11.5. The molecular weight excluding hydrogens is 463 g/mol. The normalized spacial score (nSPS) is 13.6. The van der Waals surface area contributed by atoms with Gasteiger partial charge in [-0.2, -0.15) is 0 Å². The lowest BCUT2D eigenvalue weighted by Gasteiger charge is -2.12. The Hall–Kier alpha value is -3.78. The van der Waals surface area contributed by atoms with Gasteiger partial charge in [0.25, 0.3) is 5.91 Å². The van der Waals surface area contributed by atoms with Crippen LogP contribution in [0.5, 0.6) is 0 Å². The zero-order valence-corrected chi connectivity index (χ0v) is 18.9. The van der Waals surface area contributed by atoms with E-state index in [0.29, 0.717) is 35.0 Å². The molecule has 0 bridgehead atoms. The first-order valence-electron chi connectivity index (χ1n) is 10.6. The molecule has 0 spiro atoms. The van der Waals surface area contributed by atoms with Gasteiger partial charge in [0.2, 0.25) is 0 Å². The minimum Gasteiger partial charge on any atom is -0.452 e. The van der Waals surface area contributed by atoms with Crippen molar-refractivity contribution >= 4 is 52.1 Å². The van der Waals surface area contributed by atoms with Crippen molar-refractivity contribution in [3.63, 3.8) is 0 Å². The van der Waals surface area contributed by atoms with E-state index >= 15 is 0 Å². The van der Waals surface area contributed by atoms with E-state index in [-0.39, 0.29) is 22.8 Å². The van der Waals surface area contributed by atoms with Gasteiger partial charge in [0.1, 0.15) is 5.82 Å². The van der Waals surface area contributed by atoms with Gasteiger partial charge in [-0.1, -0.05) is 35.9 Å². The number of alkyl carbamates (subject to hydrolysis) is 1. The Morgan fingerprint density at radius 1 is 1.12 bits per heavy atom. The Bertz CT molecular complexity index is 1320. The van der Waals surface area contributed by atoms with Crippen molar-refractivity contribution < 1.29 is 28.2 Å². The number of benzene rings is 2. The van der Waals surface area contributed by atoms with Crippen LogP contribution in [0.3, 0.4) is 0 Å². The van der Waals surface area contributed by atoms with Crippen LogP contribution in [0.4, 0.5) is 9.18 Å². The van der Waals surface area contributed by atoms with Crippen LogP contribution in [0.2, 0.25) is 5.02 Å². The molecule has 1 aliphatic rings. The molecule has 1 heterocycles. The number of nitrogens with zero attached hydrogens (tertiary/aromatic N) is 1. The Morgan fingerprint density at radius 3 is 2.68 bits per heavy atom. The summed E-state index contributed by atoms with van der Waals surface area (Å²) >= 11 is 6.19. The van der Waals surface area contributed by atoms with Gasteiger partial charge in [-0.05, 0) is 55.2 Å². The van der Waals surface area contributed by atoms with Crippen LogP contribution in [0.25, 0.3) is 22.6 Å². The average molecular weight is 483 g/mol. The SMILES string of the molecule is CCOC(=O)NC(=O)COC(=O)c1c2c(nc3ccccc13)/C(=C/c1c(F)cccc1Cl)CC2. The minimum absolute atomic E-state index is 0.0992. The highest BCUT2D eigenvalue weighted by molar-refractivity contribution is 6.32. The van der Waals surface area contributed by atoms with Crippen molar-refractivity contribution in [1.29, 1.82) is 0 Å². The van der Waals surface area contributed by atoms with Crippen molar-refractivity contribution in [1.82, 2.24) is 10.3 Å². The second-order valence-electron chi connectivity index (χ2n) is 7.48. The predicted molar refractivity (Wildman–Crippen MR) is 125 cm³/mol. The van der Waals surface area contributed by atoms with Gasteiger partial charge in [-0.25, -0.2) is 19.0 Å². The topological polar surface area (TPSA) is 94.6 Å². The Labute approximate surface area is 199 Å². The summed E-state index contributed by atoms with van der Waals surface area (Å²) in [6.07, 6.45) is 1.73. The van der Waals surface area contributed by atoms with E-state index in [1.54, 1.807) is 43.3 Å². The van der Waals surface area contributed by atoms with Gasteiger partial charge >= 0.3 is 12.1 Å². The van der Waals surface area contributed by atoms with Crippen molar-refractivity contribution in [2.24, 2.45) is 0 Å². The average Bonchev–Trinajstić information content (AvgIpc) is 3.20. The van der Waals surface area contributed by atoms with Crippen LogP contribution < -0.4 is 5.32 Å². The molecule has 0 saturated heterocycles. The highest BCUT2D eigenvalue weighted by atomic mass is 35.5. The Morgan fingerprint density at radius 2 is 1.91 bits per heavy atom. The number of para-hydroxylation sites is 1. The number of rotatable bonds is 5. The molecule has 9 heteroatoms. The third kappa shape index (κ3) is 4.77. The van der Waals surface area contributed by atoms with Crippen LogP contribution >= 0.6 is 11.6 Å².